The molecule has 0 aliphatic heterocycles. The third-order valence-electron chi connectivity index (χ3n) is 2.28. The monoisotopic (exact) mass is 277 g/mol. The third kappa shape index (κ3) is 4.70. The number of nitrogens with two attached hydrogens (primary N) is 1. The zero-order valence-corrected chi connectivity index (χ0v) is 10.5. The second-order valence-electron chi connectivity index (χ2n) is 3.95. The van der Waals surface area contributed by atoms with E-state index >= 15 is 0 Å². The second kappa shape index (κ2) is 5.83. The van der Waals surface area contributed by atoms with Gasteiger partial charge < -0.3 is 4.90 Å². The van der Waals surface area contributed by atoms with Gasteiger partial charge >= 0.3 is 6.18 Å². The lowest BCUT2D eigenvalue weighted by Gasteiger charge is -2.18. The molecule has 0 spiro atoms. The van der Waals surface area contributed by atoms with Gasteiger partial charge in [0.05, 0.1) is 6.42 Å². The molecule has 0 atom stereocenters. The van der Waals surface area contributed by atoms with E-state index in [1.807, 2.05) is 0 Å². The molecule has 0 aliphatic rings. The van der Waals surface area contributed by atoms with E-state index < -0.39 is 25.0 Å². The summed E-state index contributed by atoms with van der Waals surface area (Å²) in [5.74, 6) is 4.55. The van der Waals surface area contributed by atoms with E-state index in [2.05, 4.69) is 15.4 Å². The Kier molecular flexibility index (Phi) is 4.65. The Morgan fingerprint density at radius 1 is 1.47 bits per heavy atom. The van der Waals surface area contributed by atoms with Crippen LogP contribution in [0.4, 0.5) is 19.1 Å². The molecular formula is C10H14F3N5O. The summed E-state index contributed by atoms with van der Waals surface area (Å²) in [7, 11) is 1.28. The van der Waals surface area contributed by atoms with Gasteiger partial charge in [-0.3, -0.25) is 10.2 Å². The van der Waals surface area contributed by atoms with Crippen LogP contribution < -0.4 is 11.3 Å². The molecule has 9 heteroatoms. The van der Waals surface area contributed by atoms with Gasteiger partial charge in [-0.25, -0.2) is 15.8 Å². The number of alkyl halides is 3. The molecule has 106 valence electrons. The molecule has 0 unspecified atom stereocenters. The molecule has 0 bridgehead atoms. The summed E-state index contributed by atoms with van der Waals surface area (Å²) in [6, 6.07) is 1.38. The maximum absolute atomic E-state index is 12.1. The van der Waals surface area contributed by atoms with Crippen LogP contribution in [0.3, 0.4) is 0 Å². The topological polar surface area (TPSA) is 84.1 Å². The molecule has 0 saturated heterocycles. The number of hydrazine groups is 1. The number of rotatable bonds is 4. The number of carbonyl (C=O) groups is 1. The summed E-state index contributed by atoms with van der Waals surface area (Å²) in [5.41, 5.74) is 2.66. The number of amides is 1. The molecule has 0 fully saturated rings. The maximum Gasteiger partial charge on any atom is 0.390 e. The van der Waals surface area contributed by atoms with Crippen LogP contribution >= 0.6 is 0 Å². The highest BCUT2D eigenvalue weighted by molar-refractivity contribution is 5.92. The van der Waals surface area contributed by atoms with E-state index in [4.69, 9.17) is 5.84 Å². The standard InChI is InChI=1S/C10H14F3N5O/c1-6-5-7(16-9(15-6)17-14)8(19)18(2)4-3-10(11,12)13/h5H,3-4,14H2,1-2H3,(H,15,16,17). The summed E-state index contributed by atoms with van der Waals surface area (Å²) in [5, 5.41) is 0. The molecule has 0 aliphatic carbocycles. The number of aromatic nitrogens is 2. The van der Waals surface area contributed by atoms with Crippen LogP contribution in [0.1, 0.15) is 22.6 Å². The number of aryl methyl sites for hydroxylation is 1. The number of carbonyl (C=O) groups excluding carboxylic acids is 1. The fraction of sp³-hybridized carbons (Fsp3) is 0.500. The second-order valence-corrected chi connectivity index (χ2v) is 3.95. The van der Waals surface area contributed by atoms with Gasteiger partial charge in [-0.05, 0) is 13.0 Å². The lowest BCUT2D eigenvalue weighted by molar-refractivity contribution is -0.136. The predicted molar refractivity (Wildman–Crippen MR) is 62.2 cm³/mol. The average Bonchev–Trinajstić information content (AvgIpc) is 2.33. The van der Waals surface area contributed by atoms with Gasteiger partial charge in [-0.1, -0.05) is 0 Å². The zero-order chi connectivity index (χ0) is 14.6. The Hall–Kier alpha value is -1.90. The number of nitrogens with one attached hydrogen (secondary N) is 1. The molecule has 1 aromatic heterocycles. The van der Waals surface area contributed by atoms with Gasteiger partial charge in [0, 0.05) is 19.3 Å². The molecular weight excluding hydrogens is 263 g/mol. The van der Waals surface area contributed by atoms with Crippen LogP contribution in [-0.4, -0.2) is 40.5 Å². The van der Waals surface area contributed by atoms with Crippen molar-refractivity contribution < 1.29 is 18.0 Å². The Morgan fingerprint density at radius 3 is 2.63 bits per heavy atom. The fourth-order valence-electron chi connectivity index (χ4n) is 1.33. The van der Waals surface area contributed by atoms with Gasteiger partial charge in [0.15, 0.2) is 0 Å². The van der Waals surface area contributed by atoms with Gasteiger partial charge in [0.25, 0.3) is 5.91 Å². The van der Waals surface area contributed by atoms with Crippen LogP contribution in [0.15, 0.2) is 6.07 Å². The number of hydrogen-bond acceptors (Lipinski definition) is 5. The quantitative estimate of drug-likeness (QED) is 0.636. The maximum atomic E-state index is 12.1. The van der Waals surface area contributed by atoms with Crippen molar-refractivity contribution in [2.45, 2.75) is 19.5 Å². The van der Waals surface area contributed by atoms with Crippen LogP contribution in [-0.2, 0) is 0 Å². The van der Waals surface area contributed by atoms with Crippen LogP contribution in [0, 0.1) is 6.92 Å². The van der Waals surface area contributed by atoms with Crippen LogP contribution in [0.5, 0.6) is 0 Å². The van der Waals surface area contributed by atoms with E-state index in [1.165, 1.54) is 13.1 Å². The molecule has 0 saturated carbocycles. The van der Waals surface area contributed by atoms with Gasteiger partial charge in [-0.2, -0.15) is 13.2 Å². The first-order valence-corrected chi connectivity index (χ1v) is 5.37. The molecule has 1 rings (SSSR count). The molecule has 1 heterocycles. The molecule has 1 aromatic rings. The van der Waals surface area contributed by atoms with Crippen molar-refractivity contribution >= 4 is 11.9 Å². The van der Waals surface area contributed by atoms with Crippen molar-refractivity contribution in [2.24, 2.45) is 5.84 Å². The van der Waals surface area contributed by atoms with Crippen LogP contribution in [0.2, 0.25) is 0 Å². The minimum absolute atomic E-state index is 0.00914. The first-order chi connectivity index (χ1) is 8.73. The summed E-state index contributed by atoms with van der Waals surface area (Å²) >= 11 is 0. The van der Waals surface area contributed by atoms with Crippen molar-refractivity contribution in [3.63, 3.8) is 0 Å². The Morgan fingerprint density at radius 2 is 2.11 bits per heavy atom. The first-order valence-electron chi connectivity index (χ1n) is 5.37. The van der Waals surface area contributed by atoms with E-state index in [9.17, 15) is 18.0 Å². The predicted octanol–water partition coefficient (Wildman–Crippen LogP) is 1.10. The number of nitrogen functional groups attached to an aromatic ring is 1. The zero-order valence-electron chi connectivity index (χ0n) is 10.5. The molecule has 0 radical (unpaired) electrons. The molecule has 19 heavy (non-hydrogen) atoms. The van der Waals surface area contributed by atoms with Gasteiger partial charge in [0.2, 0.25) is 5.95 Å². The van der Waals surface area contributed by atoms with Gasteiger partial charge in [-0.15, -0.1) is 0 Å². The molecule has 3 N–H and O–H groups in total. The van der Waals surface area contributed by atoms with Crippen molar-refractivity contribution in [3.8, 4) is 0 Å². The van der Waals surface area contributed by atoms with Crippen LogP contribution in [0.25, 0.3) is 0 Å². The number of hydrogen-bond donors (Lipinski definition) is 2. The molecule has 6 nitrogen and oxygen atoms in total. The highest BCUT2D eigenvalue weighted by Gasteiger charge is 2.28. The SMILES string of the molecule is Cc1cc(C(=O)N(C)CCC(F)(F)F)nc(NN)n1. The Balaban J connectivity index is 2.79. The van der Waals surface area contributed by atoms with E-state index in [1.54, 1.807) is 6.92 Å². The van der Waals surface area contributed by atoms with Crippen molar-refractivity contribution in [3.05, 3.63) is 17.5 Å². The fourth-order valence-corrected chi connectivity index (χ4v) is 1.33. The average molecular weight is 277 g/mol. The largest absolute Gasteiger partial charge is 0.390 e. The first kappa shape index (κ1) is 15.2. The minimum atomic E-state index is -4.31. The van der Waals surface area contributed by atoms with Crippen molar-refractivity contribution in [2.75, 3.05) is 19.0 Å². The van der Waals surface area contributed by atoms with Gasteiger partial charge in [0.1, 0.15) is 5.69 Å². The molecule has 1 amide bonds. The summed E-state index contributed by atoms with van der Waals surface area (Å²) in [6.07, 6.45) is -5.37. The highest BCUT2D eigenvalue weighted by atomic mass is 19.4. The third-order valence-corrected chi connectivity index (χ3v) is 2.28. The molecule has 0 aromatic carbocycles. The lowest BCUT2D eigenvalue weighted by Crippen LogP contribution is -2.31. The summed E-state index contributed by atoms with van der Waals surface area (Å²) < 4.78 is 36.2. The van der Waals surface area contributed by atoms with E-state index in [0.29, 0.717) is 5.69 Å². The van der Waals surface area contributed by atoms with E-state index in [0.717, 1.165) is 4.90 Å². The van der Waals surface area contributed by atoms with Crippen molar-refractivity contribution in [1.29, 1.82) is 0 Å². The van der Waals surface area contributed by atoms with Crippen molar-refractivity contribution in [1.82, 2.24) is 14.9 Å². The number of halogens is 3. The van der Waals surface area contributed by atoms with E-state index in [-0.39, 0.29) is 11.6 Å². The summed E-state index contributed by atoms with van der Waals surface area (Å²) in [4.78, 5) is 20.5. The Bertz CT molecular complexity index is 463. The highest BCUT2D eigenvalue weighted by Crippen LogP contribution is 2.19. The number of nitrogens with zero attached hydrogens (tertiary/aromatic N) is 3. The smallest absolute Gasteiger partial charge is 0.340 e. The normalized spacial score (nSPS) is 11.3. The number of anilines is 1. The minimum Gasteiger partial charge on any atom is -0.340 e. The Labute approximate surface area is 107 Å². The summed E-state index contributed by atoms with van der Waals surface area (Å²) in [6.45, 7) is 1.19. The lowest BCUT2D eigenvalue weighted by atomic mass is 10.3.